The SMILES string of the molecule is CCOC(=O)C1CCC(N2CCC[C@H](Nc3nccc(N4CCCCCC4)n3)C2)CC1. The smallest absolute Gasteiger partial charge is 0.308 e. The lowest BCUT2D eigenvalue weighted by Gasteiger charge is -2.41. The van der Waals surface area contributed by atoms with Crippen molar-refractivity contribution in [1.29, 1.82) is 0 Å². The lowest BCUT2D eigenvalue weighted by Crippen LogP contribution is -2.48. The second-order valence-corrected chi connectivity index (χ2v) is 9.38. The minimum absolute atomic E-state index is 0.000534. The van der Waals surface area contributed by atoms with Gasteiger partial charge in [-0.3, -0.25) is 9.69 Å². The van der Waals surface area contributed by atoms with E-state index in [0.29, 0.717) is 18.7 Å². The number of likely N-dealkylation sites (tertiary alicyclic amines) is 1. The Morgan fingerprint density at radius 3 is 2.58 bits per heavy atom. The fourth-order valence-electron chi connectivity index (χ4n) is 5.47. The van der Waals surface area contributed by atoms with Crippen molar-refractivity contribution in [3.8, 4) is 0 Å². The van der Waals surface area contributed by atoms with Gasteiger partial charge in [-0.15, -0.1) is 0 Å². The number of ether oxygens (including phenoxy) is 1. The fraction of sp³-hybridized carbons (Fsp3) is 0.792. The van der Waals surface area contributed by atoms with E-state index in [9.17, 15) is 4.79 Å². The van der Waals surface area contributed by atoms with Gasteiger partial charge in [0, 0.05) is 37.9 Å². The Kier molecular flexibility index (Phi) is 8.00. The lowest BCUT2D eigenvalue weighted by atomic mass is 9.84. The van der Waals surface area contributed by atoms with Crippen LogP contribution in [0, 0.1) is 5.92 Å². The van der Waals surface area contributed by atoms with Crippen LogP contribution < -0.4 is 10.2 Å². The van der Waals surface area contributed by atoms with Gasteiger partial charge in [0.2, 0.25) is 5.95 Å². The minimum atomic E-state index is 0.000534. The van der Waals surface area contributed by atoms with Crippen LogP contribution in [0.4, 0.5) is 11.8 Å². The van der Waals surface area contributed by atoms with Crippen LogP contribution in [0.15, 0.2) is 12.3 Å². The number of nitrogens with one attached hydrogen (secondary N) is 1. The predicted molar refractivity (Wildman–Crippen MR) is 123 cm³/mol. The van der Waals surface area contributed by atoms with Crippen molar-refractivity contribution in [2.75, 3.05) is 43.0 Å². The van der Waals surface area contributed by atoms with Gasteiger partial charge in [0.25, 0.3) is 0 Å². The Labute approximate surface area is 186 Å². The van der Waals surface area contributed by atoms with E-state index in [1.807, 2.05) is 19.2 Å². The molecule has 1 saturated carbocycles. The van der Waals surface area contributed by atoms with E-state index in [2.05, 4.69) is 20.1 Å². The summed E-state index contributed by atoms with van der Waals surface area (Å²) in [4.78, 5) is 26.4. The van der Waals surface area contributed by atoms with Crippen LogP contribution in [0.1, 0.15) is 71.1 Å². The molecule has 2 saturated heterocycles. The number of rotatable bonds is 6. The maximum atomic E-state index is 12.0. The van der Waals surface area contributed by atoms with Gasteiger partial charge < -0.3 is 15.0 Å². The summed E-state index contributed by atoms with van der Waals surface area (Å²) in [6, 6.07) is 3.02. The van der Waals surface area contributed by atoms with Gasteiger partial charge in [0.1, 0.15) is 5.82 Å². The molecule has 0 radical (unpaired) electrons. The van der Waals surface area contributed by atoms with E-state index < -0.39 is 0 Å². The van der Waals surface area contributed by atoms with Crippen molar-refractivity contribution in [3.05, 3.63) is 12.3 Å². The molecule has 0 spiro atoms. The van der Waals surface area contributed by atoms with E-state index in [0.717, 1.165) is 70.0 Å². The van der Waals surface area contributed by atoms with Gasteiger partial charge in [-0.05, 0) is 70.9 Å². The van der Waals surface area contributed by atoms with Gasteiger partial charge in [-0.25, -0.2) is 4.98 Å². The molecule has 1 atom stereocenters. The first-order valence-corrected chi connectivity index (χ1v) is 12.5. The predicted octanol–water partition coefficient (Wildman–Crippen LogP) is 3.86. The molecule has 3 heterocycles. The maximum Gasteiger partial charge on any atom is 0.308 e. The first-order valence-electron chi connectivity index (χ1n) is 12.5. The molecule has 2 aliphatic heterocycles. The van der Waals surface area contributed by atoms with Crippen molar-refractivity contribution in [3.63, 3.8) is 0 Å². The van der Waals surface area contributed by atoms with E-state index in [-0.39, 0.29) is 11.9 Å². The van der Waals surface area contributed by atoms with E-state index in [1.54, 1.807) is 0 Å². The van der Waals surface area contributed by atoms with Crippen LogP contribution in [0.2, 0.25) is 0 Å². The van der Waals surface area contributed by atoms with E-state index in [1.165, 1.54) is 32.1 Å². The molecule has 3 fully saturated rings. The third kappa shape index (κ3) is 6.09. The summed E-state index contributed by atoms with van der Waals surface area (Å²) in [6.45, 7) is 6.76. The lowest BCUT2D eigenvalue weighted by molar-refractivity contribution is -0.149. The normalized spacial score (nSPS) is 28.0. The third-order valence-electron chi connectivity index (χ3n) is 7.19. The Hall–Kier alpha value is -1.89. The first kappa shape index (κ1) is 22.3. The highest BCUT2D eigenvalue weighted by molar-refractivity contribution is 5.72. The molecular weight excluding hydrogens is 390 g/mol. The number of anilines is 2. The molecule has 31 heavy (non-hydrogen) atoms. The molecule has 172 valence electrons. The van der Waals surface area contributed by atoms with Crippen molar-refractivity contribution >= 4 is 17.7 Å². The minimum Gasteiger partial charge on any atom is -0.466 e. The fourth-order valence-corrected chi connectivity index (χ4v) is 5.47. The average Bonchev–Trinajstić information content (AvgIpc) is 3.09. The van der Waals surface area contributed by atoms with Crippen LogP contribution in [0.5, 0.6) is 0 Å². The molecule has 0 aromatic carbocycles. The quantitative estimate of drug-likeness (QED) is 0.689. The first-order chi connectivity index (χ1) is 15.2. The summed E-state index contributed by atoms with van der Waals surface area (Å²) in [7, 11) is 0. The van der Waals surface area contributed by atoms with Crippen LogP contribution in [-0.2, 0) is 9.53 Å². The highest BCUT2D eigenvalue weighted by Crippen LogP contribution is 2.30. The topological polar surface area (TPSA) is 70.6 Å². The monoisotopic (exact) mass is 429 g/mol. The van der Waals surface area contributed by atoms with Crippen LogP contribution in [0.25, 0.3) is 0 Å². The molecule has 0 unspecified atom stereocenters. The van der Waals surface area contributed by atoms with E-state index >= 15 is 0 Å². The molecule has 0 amide bonds. The largest absolute Gasteiger partial charge is 0.466 e. The molecule has 1 aliphatic carbocycles. The molecule has 1 aromatic rings. The number of carbonyl (C=O) groups is 1. The zero-order chi connectivity index (χ0) is 21.5. The number of nitrogens with zero attached hydrogens (tertiary/aromatic N) is 4. The average molecular weight is 430 g/mol. The van der Waals surface area contributed by atoms with Gasteiger partial charge >= 0.3 is 5.97 Å². The molecule has 1 N–H and O–H groups in total. The molecule has 7 heteroatoms. The number of aromatic nitrogens is 2. The Balaban J connectivity index is 1.29. The molecule has 3 aliphatic rings. The highest BCUT2D eigenvalue weighted by Gasteiger charge is 2.32. The third-order valence-corrected chi connectivity index (χ3v) is 7.19. The van der Waals surface area contributed by atoms with Gasteiger partial charge in [-0.2, -0.15) is 4.98 Å². The van der Waals surface area contributed by atoms with Crippen molar-refractivity contribution in [2.24, 2.45) is 5.92 Å². The molecule has 4 rings (SSSR count). The van der Waals surface area contributed by atoms with Crippen LogP contribution in [-0.4, -0.2) is 65.7 Å². The van der Waals surface area contributed by atoms with Gasteiger partial charge in [-0.1, -0.05) is 12.8 Å². The Morgan fingerprint density at radius 1 is 1.06 bits per heavy atom. The Bertz CT molecular complexity index is 699. The van der Waals surface area contributed by atoms with Crippen molar-refractivity contribution < 1.29 is 9.53 Å². The summed E-state index contributed by atoms with van der Waals surface area (Å²) in [5.41, 5.74) is 0. The summed E-state index contributed by atoms with van der Waals surface area (Å²) in [5, 5.41) is 3.62. The van der Waals surface area contributed by atoms with Crippen LogP contribution >= 0.6 is 0 Å². The second kappa shape index (κ2) is 11.1. The summed E-state index contributed by atoms with van der Waals surface area (Å²) in [5.74, 6) is 1.93. The summed E-state index contributed by atoms with van der Waals surface area (Å²) in [6.07, 6.45) is 13.5. The number of hydrogen-bond donors (Lipinski definition) is 1. The molecule has 1 aromatic heterocycles. The number of carbonyl (C=O) groups excluding carboxylic acids is 1. The molecular formula is C24H39N5O2. The van der Waals surface area contributed by atoms with E-state index in [4.69, 9.17) is 9.72 Å². The van der Waals surface area contributed by atoms with Crippen LogP contribution in [0.3, 0.4) is 0 Å². The van der Waals surface area contributed by atoms with Crippen molar-refractivity contribution in [2.45, 2.75) is 83.2 Å². The molecule has 7 nitrogen and oxygen atoms in total. The van der Waals surface area contributed by atoms with Gasteiger partial charge in [0.05, 0.1) is 12.5 Å². The second-order valence-electron chi connectivity index (χ2n) is 9.38. The zero-order valence-corrected chi connectivity index (χ0v) is 19.1. The summed E-state index contributed by atoms with van der Waals surface area (Å²) >= 11 is 0. The van der Waals surface area contributed by atoms with Crippen molar-refractivity contribution in [1.82, 2.24) is 14.9 Å². The Morgan fingerprint density at radius 2 is 1.84 bits per heavy atom. The zero-order valence-electron chi connectivity index (χ0n) is 19.1. The number of hydrogen-bond acceptors (Lipinski definition) is 7. The molecule has 0 bridgehead atoms. The summed E-state index contributed by atoms with van der Waals surface area (Å²) < 4.78 is 5.23. The number of piperidine rings is 1. The maximum absolute atomic E-state index is 12.0. The number of esters is 1. The highest BCUT2D eigenvalue weighted by atomic mass is 16.5. The van der Waals surface area contributed by atoms with Gasteiger partial charge in [0.15, 0.2) is 0 Å². The standard InChI is InChI=1S/C24H39N5O2/c1-2-31-23(30)19-9-11-21(12-10-19)29-17-7-8-20(18-29)26-24-25-14-13-22(27-24)28-15-5-3-4-6-16-28/h13-14,19-21H,2-12,15-18H2,1H3,(H,25,26,27)/t19?,20-,21?/m0/s1.